The van der Waals surface area contributed by atoms with E-state index in [9.17, 15) is 9.18 Å². The molecule has 0 spiro atoms. The molecule has 0 bridgehead atoms. The molecule has 1 fully saturated rings. The Morgan fingerprint density at radius 3 is 2.82 bits per heavy atom. The van der Waals surface area contributed by atoms with Gasteiger partial charge < -0.3 is 10.6 Å². The summed E-state index contributed by atoms with van der Waals surface area (Å²) in [5.74, 6) is -0.0699. The van der Waals surface area contributed by atoms with Crippen molar-refractivity contribution < 1.29 is 9.18 Å². The third kappa shape index (κ3) is 1.89. The maximum absolute atomic E-state index is 12.9. The van der Waals surface area contributed by atoms with E-state index in [1.807, 2.05) is 0 Å². The van der Waals surface area contributed by atoms with Crippen LogP contribution in [0.15, 0.2) is 0 Å². The maximum Gasteiger partial charge on any atom is 0.219 e. The fourth-order valence-electron chi connectivity index (χ4n) is 1.21. The fourth-order valence-corrected chi connectivity index (χ4v) is 1.21. The van der Waals surface area contributed by atoms with Crippen molar-refractivity contribution in [3.05, 3.63) is 0 Å². The maximum atomic E-state index is 12.9. The first-order valence-corrected chi connectivity index (χ1v) is 3.76. The van der Waals surface area contributed by atoms with E-state index in [0.717, 1.165) is 0 Å². The Hall–Kier alpha value is -0.640. The van der Waals surface area contributed by atoms with Crippen LogP contribution >= 0.6 is 0 Å². The highest BCUT2D eigenvalue weighted by atomic mass is 19.1. The summed E-state index contributed by atoms with van der Waals surface area (Å²) in [7, 11) is 0. The van der Waals surface area contributed by atoms with Crippen molar-refractivity contribution in [3.8, 4) is 0 Å². The lowest BCUT2D eigenvalue weighted by Crippen LogP contribution is -2.49. The number of amides is 1. The molecule has 0 aromatic heterocycles. The first-order valence-electron chi connectivity index (χ1n) is 3.76. The minimum absolute atomic E-state index is 0.0699. The topological polar surface area (TPSA) is 46.3 Å². The Labute approximate surface area is 65.3 Å². The second-order valence-electron chi connectivity index (χ2n) is 2.93. The van der Waals surface area contributed by atoms with Crippen molar-refractivity contribution in [2.45, 2.75) is 25.6 Å². The van der Waals surface area contributed by atoms with Gasteiger partial charge in [-0.3, -0.25) is 4.79 Å². The number of carbonyl (C=O) groups excluding carboxylic acids is 1. The fraction of sp³-hybridized carbons (Fsp3) is 0.857. The number of alkyl halides is 1. The number of likely N-dealkylation sites (tertiary alicyclic amines) is 1. The SMILES string of the molecule is CC(=O)N1CC[C@H](N)[C@H](F)C1. The molecule has 2 N–H and O–H groups in total. The van der Waals surface area contributed by atoms with Crippen molar-refractivity contribution in [2.75, 3.05) is 13.1 Å². The van der Waals surface area contributed by atoms with Gasteiger partial charge in [-0.1, -0.05) is 0 Å². The van der Waals surface area contributed by atoms with Crippen LogP contribution in [0.2, 0.25) is 0 Å². The van der Waals surface area contributed by atoms with Crippen LogP contribution in [0.3, 0.4) is 0 Å². The van der Waals surface area contributed by atoms with Crippen LogP contribution in [0.5, 0.6) is 0 Å². The van der Waals surface area contributed by atoms with Crippen LogP contribution in [-0.4, -0.2) is 36.1 Å². The highest BCUT2D eigenvalue weighted by Crippen LogP contribution is 2.11. The number of hydrogen-bond acceptors (Lipinski definition) is 2. The van der Waals surface area contributed by atoms with Crippen molar-refractivity contribution in [1.82, 2.24) is 4.90 Å². The van der Waals surface area contributed by atoms with E-state index in [1.165, 1.54) is 11.8 Å². The average molecular weight is 160 g/mol. The minimum Gasteiger partial charge on any atom is -0.340 e. The number of rotatable bonds is 0. The van der Waals surface area contributed by atoms with Gasteiger partial charge in [0.25, 0.3) is 0 Å². The van der Waals surface area contributed by atoms with Gasteiger partial charge in [0, 0.05) is 19.5 Å². The number of nitrogens with zero attached hydrogens (tertiary/aromatic N) is 1. The lowest BCUT2D eigenvalue weighted by atomic mass is 10.0. The van der Waals surface area contributed by atoms with E-state index < -0.39 is 6.17 Å². The van der Waals surface area contributed by atoms with Crippen LogP contribution in [0, 0.1) is 0 Å². The van der Waals surface area contributed by atoms with Gasteiger partial charge in [-0.05, 0) is 6.42 Å². The zero-order valence-electron chi connectivity index (χ0n) is 6.59. The Kier molecular flexibility index (Phi) is 2.44. The van der Waals surface area contributed by atoms with Gasteiger partial charge in [-0.25, -0.2) is 4.39 Å². The third-order valence-electron chi connectivity index (χ3n) is 2.04. The Morgan fingerprint density at radius 1 is 1.73 bits per heavy atom. The summed E-state index contributed by atoms with van der Waals surface area (Å²) in [6.07, 6.45) is -0.478. The molecule has 0 radical (unpaired) electrons. The average Bonchev–Trinajstić information content (AvgIpc) is 1.94. The van der Waals surface area contributed by atoms with Gasteiger partial charge in [-0.2, -0.15) is 0 Å². The predicted octanol–water partition coefficient (Wildman–Crippen LogP) is -0.0960. The van der Waals surface area contributed by atoms with Crippen molar-refractivity contribution in [1.29, 1.82) is 0 Å². The zero-order valence-corrected chi connectivity index (χ0v) is 6.59. The summed E-state index contributed by atoms with van der Waals surface area (Å²) in [6.45, 7) is 2.21. The highest BCUT2D eigenvalue weighted by molar-refractivity contribution is 5.73. The summed E-state index contributed by atoms with van der Waals surface area (Å²) in [5.41, 5.74) is 5.43. The molecule has 1 amide bonds. The van der Waals surface area contributed by atoms with Gasteiger partial charge >= 0.3 is 0 Å². The summed E-state index contributed by atoms with van der Waals surface area (Å²) < 4.78 is 12.9. The van der Waals surface area contributed by atoms with Crippen molar-refractivity contribution in [3.63, 3.8) is 0 Å². The molecule has 0 aliphatic carbocycles. The van der Waals surface area contributed by atoms with Crippen molar-refractivity contribution >= 4 is 5.91 Å². The molecule has 0 aromatic rings. The predicted molar refractivity (Wildman–Crippen MR) is 39.7 cm³/mol. The molecule has 0 unspecified atom stereocenters. The van der Waals surface area contributed by atoms with E-state index in [0.29, 0.717) is 13.0 Å². The molecule has 64 valence electrons. The molecule has 1 heterocycles. The molecule has 0 saturated carbocycles. The Balaban J connectivity index is 2.46. The van der Waals surface area contributed by atoms with E-state index in [2.05, 4.69) is 0 Å². The monoisotopic (exact) mass is 160 g/mol. The second-order valence-corrected chi connectivity index (χ2v) is 2.93. The van der Waals surface area contributed by atoms with Crippen LogP contribution in [0.1, 0.15) is 13.3 Å². The quantitative estimate of drug-likeness (QED) is 0.538. The van der Waals surface area contributed by atoms with Gasteiger partial charge in [-0.15, -0.1) is 0 Å². The Bertz CT molecular complexity index is 163. The first-order chi connectivity index (χ1) is 5.11. The molecule has 4 heteroatoms. The smallest absolute Gasteiger partial charge is 0.219 e. The summed E-state index contributed by atoms with van der Waals surface area (Å²) in [5, 5.41) is 0. The first kappa shape index (κ1) is 8.46. The number of piperidine rings is 1. The normalized spacial score (nSPS) is 32.1. The molecule has 0 aromatic carbocycles. The van der Waals surface area contributed by atoms with Gasteiger partial charge in [0.15, 0.2) is 0 Å². The number of halogens is 1. The van der Waals surface area contributed by atoms with E-state index in [-0.39, 0.29) is 18.5 Å². The largest absolute Gasteiger partial charge is 0.340 e. The number of carbonyl (C=O) groups is 1. The van der Waals surface area contributed by atoms with Crippen molar-refractivity contribution in [2.24, 2.45) is 5.73 Å². The lowest BCUT2D eigenvalue weighted by Gasteiger charge is -2.31. The summed E-state index contributed by atoms with van der Waals surface area (Å²) in [4.78, 5) is 12.3. The molecule has 2 atom stereocenters. The van der Waals surface area contributed by atoms with Gasteiger partial charge in [0.1, 0.15) is 6.17 Å². The molecule has 11 heavy (non-hydrogen) atoms. The minimum atomic E-state index is -1.05. The molecule has 3 nitrogen and oxygen atoms in total. The molecule has 1 rings (SSSR count). The van der Waals surface area contributed by atoms with Crippen LogP contribution in [0.4, 0.5) is 4.39 Å². The zero-order chi connectivity index (χ0) is 8.43. The van der Waals surface area contributed by atoms with Gasteiger partial charge in [0.2, 0.25) is 5.91 Å². The van der Waals surface area contributed by atoms with E-state index >= 15 is 0 Å². The third-order valence-corrected chi connectivity index (χ3v) is 2.04. The van der Waals surface area contributed by atoms with E-state index in [4.69, 9.17) is 5.73 Å². The summed E-state index contributed by atoms with van der Waals surface area (Å²) >= 11 is 0. The van der Waals surface area contributed by atoms with Crippen LogP contribution in [-0.2, 0) is 4.79 Å². The molecule has 1 aliphatic rings. The van der Waals surface area contributed by atoms with E-state index in [1.54, 1.807) is 0 Å². The molecular formula is C7H13FN2O. The van der Waals surface area contributed by atoms with Crippen LogP contribution < -0.4 is 5.73 Å². The highest BCUT2D eigenvalue weighted by Gasteiger charge is 2.27. The molecule has 1 aliphatic heterocycles. The molecular weight excluding hydrogens is 147 g/mol. The Morgan fingerprint density at radius 2 is 2.36 bits per heavy atom. The van der Waals surface area contributed by atoms with Gasteiger partial charge in [0.05, 0.1) is 6.54 Å². The van der Waals surface area contributed by atoms with Crippen LogP contribution in [0.25, 0.3) is 0 Å². The number of nitrogens with two attached hydrogens (primary N) is 1. The number of hydrogen-bond donors (Lipinski definition) is 1. The second kappa shape index (κ2) is 3.17. The lowest BCUT2D eigenvalue weighted by molar-refractivity contribution is -0.131. The molecule has 1 saturated heterocycles. The standard InChI is InChI=1S/C7H13FN2O/c1-5(11)10-3-2-7(9)6(8)4-10/h6-7H,2-4,9H2,1H3/t6-,7+/m1/s1. The summed E-state index contributed by atoms with van der Waals surface area (Å²) in [6, 6.07) is -0.384.